The van der Waals surface area contributed by atoms with Crippen LogP contribution < -0.4 is 4.74 Å². The number of aromatic nitrogens is 4. The molecule has 4 atom stereocenters. The molecule has 1 saturated heterocycles. The Labute approximate surface area is 181 Å². The highest BCUT2D eigenvalue weighted by Gasteiger charge is 2.53. The number of hydrogen-bond acceptors (Lipinski definition) is 6. The predicted molar refractivity (Wildman–Crippen MR) is 116 cm³/mol. The number of piperidine rings is 1. The van der Waals surface area contributed by atoms with Gasteiger partial charge in [0.25, 0.3) is 5.91 Å². The summed E-state index contributed by atoms with van der Waals surface area (Å²) in [6.45, 7) is 6.07. The van der Waals surface area contributed by atoms with Gasteiger partial charge in [-0.2, -0.15) is 0 Å². The quantitative estimate of drug-likeness (QED) is 0.647. The number of likely N-dealkylation sites (tertiary alicyclic amines) is 1. The molecule has 7 nitrogen and oxygen atoms in total. The van der Waals surface area contributed by atoms with E-state index in [1.165, 1.54) is 0 Å². The standard InChI is InChI=1S/C24H25N5O2/c1-14-5-6-21(27-12-14)31-20-11-17-10-19(20)29(16(17)3)24(30)22-18(9-15(2)13-28-22)23-25-7-4-8-26-23/h4-9,12-13,16-17,19-20H,10-11H2,1-3H3. The molecule has 4 unspecified atom stereocenters. The molecule has 0 radical (unpaired) electrons. The summed E-state index contributed by atoms with van der Waals surface area (Å²) in [7, 11) is 0. The highest BCUT2D eigenvalue weighted by molar-refractivity contribution is 5.99. The van der Waals surface area contributed by atoms with Crippen LogP contribution in [0.25, 0.3) is 11.4 Å². The van der Waals surface area contributed by atoms with Gasteiger partial charge >= 0.3 is 0 Å². The molecule has 4 heterocycles. The first-order chi connectivity index (χ1) is 15.0. The van der Waals surface area contributed by atoms with E-state index < -0.39 is 0 Å². The zero-order chi connectivity index (χ0) is 21.5. The molecule has 1 saturated carbocycles. The number of pyridine rings is 2. The number of fused-ring (bicyclic) bond motifs is 2. The highest BCUT2D eigenvalue weighted by atomic mass is 16.5. The maximum absolute atomic E-state index is 13.7. The second-order valence-corrected chi connectivity index (χ2v) is 8.56. The van der Waals surface area contributed by atoms with Crippen molar-refractivity contribution in [2.45, 2.75) is 51.8 Å². The molecule has 5 rings (SSSR count). The van der Waals surface area contributed by atoms with Crippen molar-refractivity contribution in [1.82, 2.24) is 24.8 Å². The second kappa shape index (κ2) is 7.72. The lowest BCUT2D eigenvalue weighted by molar-refractivity contribution is 0.0310. The van der Waals surface area contributed by atoms with E-state index in [4.69, 9.17) is 4.74 Å². The van der Waals surface area contributed by atoms with E-state index in [2.05, 4.69) is 26.9 Å². The van der Waals surface area contributed by atoms with E-state index in [0.29, 0.717) is 28.9 Å². The molecule has 0 N–H and O–H groups in total. The topological polar surface area (TPSA) is 81.1 Å². The zero-order valence-corrected chi connectivity index (χ0v) is 17.9. The van der Waals surface area contributed by atoms with Crippen LogP contribution in [0.15, 0.2) is 49.1 Å². The molecule has 0 spiro atoms. The number of ether oxygens (including phenoxy) is 1. The largest absolute Gasteiger partial charge is 0.472 e. The van der Waals surface area contributed by atoms with Crippen molar-refractivity contribution in [2.24, 2.45) is 5.92 Å². The van der Waals surface area contributed by atoms with Crippen LogP contribution in [0.1, 0.15) is 41.4 Å². The lowest BCUT2D eigenvalue weighted by Gasteiger charge is -2.37. The fourth-order valence-corrected chi connectivity index (χ4v) is 4.84. The molecule has 158 valence electrons. The Hall–Kier alpha value is -3.35. The number of aryl methyl sites for hydroxylation is 2. The molecule has 3 aromatic rings. The van der Waals surface area contributed by atoms with Crippen LogP contribution in [0.3, 0.4) is 0 Å². The maximum Gasteiger partial charge on any atom is 0.273 e. The second-order valence-electron chi connectivity index (χ2n) is 8.56. The zero-order valence-electron chi connectivity index (χ0n) is 17.9. The summed E-state index contributed by atoms with van der Waals surface area (Å²) >= 11 is 0. The van der Waals surface area contributed by atoms with Crippen LogP contribution in [0, 0.1) is 19.8 Å². The van der Waals surface area contributed by atoms with Gasteiger partial charge in [0.2, 0.25) is 5.88 Å². The summed E-state index contributed by atoms with van der Waals surface area (Å²) < 4.78 is 6.21. The highest BCUT2D eigenvalue weighted by Crippen LogP contribution is 2.44. The van der Waals surface area contributed by atoms with Gasteiger partial charge in [-0.3, -0.25) is 9.78 Å². The molecule has 1 aliphatic heterocycles. The van der Waals surface area contributed by atoms with Gasteiger partial charge in [-0.05, 0) is 62.8 Å². The Balaban J connectivity index is 1.45. The summed E-state index contributed by atoms with van der Waals surface area (Å²) in [6, 6.07) is 7.71. The van der Waals surface area contributed by atoms with Gasteiger partial charge in [-0.25, -0.2) is 15.0 Å². The summed E-state index contributed by atoms with van der Waals surface area (Å²) in [5.74, 6) is 1.43. The molecular weight excluding hydrogens is 390 g/mol. The molecule has 2 fully saturated rings. The summed E-state index contributed by atoms with van der Waals surface area (Å²) in [4.78, 5) is 33.3. The predicted octanol–water partition coefficient (Wildman–Crippen LogP) is 3.62. The average Bonchev–Trinajstić information content (AvgIpc) is 3.33. The van der Waals surface area contributed by atoms with Gasteiger partial charge in [0.1, 0.15) is 11.8 Å². The SMILES string of the molecule is Cc1ccc(OC2CC3CC2N(C(=O)c2ncc(C)cc2-c2ncccn2)C3C)nc1. The number of hydrogen-bond donors (Lipinski definition) is 0. The Kier molecular flexibility index (Phi) is 4.88. The van der Waals surface area contributed by atoms with Crippen LogP contribution in [0.5, 0.6) is 5.88 Å². The first kappa shape index (κ1) is 19.6. The number of rotatable bonds is 4. The van der Waals surface area contributed by atoms with Gasteiger partial charge in [-0.1, -0.05) is 6.07 Å². The minimum absolute atomic E-state index is 0.00301. The number of carbonyl (C=O) groups excluding carboxylic acids is 1. The molecular formula is C24H25N5O2. The third-order valence-corrected chi connectivity index (χ3v) is 6.41. The molecule has 7 heteroatoms. The number of amides is 1. The van der Waals surface area contributed by atoms with Crippen molar-refractivity contribution in [3.63, 3.8) is 0 Å². The molecule has 31 heavy (non-hydrogen) atoms. The summed E-state index contributed by atoms with van der Waals surface area (Å²) in [5, 5.41) is 0. The van der Waals surface area contributed by atoms with E-state index in [9.17, 15) is 4.79 Å². The minimum atomic E-state index is -0.0902. The van der Waals surface area contributed by atoms with Crippen LogP contribution in [-0.4, -0.2) is 48.9 Å². The molecule has 1 aliphatic carbocycles. The third kappa shape index (κ3) is 3.54. The number of carbonyl (C=O) groups is 1. The van der Waals surface area contributed by atoms with Crippen molar-refractivity contribution in [3.05, 3.63) is 65.9 Å². The molecule has 0 aromatic carbocycles. The molecule has 2 aliphatic rings. The molecule has 2 bridgehead atoms. The molecule has 1 amide bonds. The minimum Gasteiger partial charge on any atom is -0.472 e. The van der Waals surface area contributed by atoms with Gasteiger partial charge in [0.15, 0.2) is 5.82 Å². The van der Waals surface area contributed by atoms with Crippen molar-refractivity contribution in [3.8, 4) is 17.3 Å². The molecule has 3 aromatic heterocycles. The van der Waals surface area contributed by atoms with Gasteiger partial charge in [-0.15, -0.1) is 0 Å². The van der Waals surface area contributed by atoms with E-state index in [-0.39, 0.29) is 24.1 Å². The fourth-order valence-electron chi connectivity index (χ4n) is 4.84. The van der Waals surface area contributed by atoms with Crippen molar-refractivity contribution >= 4 is 5.91 Å². The lowest BCUT2D eigenvalue weighted by atomic mass is 9.98. The van der Waals surface area contributed by atoms with Crippen molar-refractivity contribution < 1.29 is 9.53 Å². The van der Waals surface area contributed by atoms with Gasteiger partial charge < -0.3 is 9.64 Å². The van der Waals surface area contributed by atoms with E-state index >= 15 is 0 Å². The van der Waals surface area contributed by atoms with E-state index in [1.54, 1.807) is 30.9 Å². The maximum atomic E-state index is 13.7. The Morgan fingerprint density at radius 1 is 1.03 bits per heavy atom. The fraction of sp³-hybridized carbons (Fsp3) is 0.375. The Bertz CT molecular complexity index is 1100. The van der Waals surface area contributed by atoms with Crippen LogP contribution in [0.4, 0.5) is 0 Å². The normalized spacial score (nSPS) is 24.4. The monoisotopic (exact) mass is 415 g/mol. The van der Waals surface area contributed by atoms with Gasteiger partial charge in [0.05, 0.1) is 11.6 Å². The summed E-state index contributed by atoms with van der Waals surface area (Å²) in [5.41, 5.74) is 3.11. The van der Waals surface area contributed by atoms with E-state index in [0.717, 1.165) is 24.0 Å². The first-order valence-corrected chi connectivity index (χ1v) is 10.7. The first-order valence-electron chi connectivity index (χ1n) is 10.7. The lowest BCUT2D eigenvalue weighted by Crippen LogP contribution is -2.51. The van der Waals surface area contributed by atoms with Crippen LogP contribution in [0.2, 0.25) is 0 Å². The summed E-state index contributed by atoms with van der Waals surface area (Å²) in [6.07, 6.45) is 8.69. The third-order valence-electron chi connectivity index (χ3n) is 6.41. The van der Waals surface area contributed by atoms with E-state index in [1.807, 2.05) is 36.9 Å². The Morgan fingerprint density at radius 3 is 2.52 bits per heavy atom. The van der Waals surface area contributed by atoms with Crippen LogP contribution in [-0.2, 0) is 0 Å². The number of nitrogens with zero attached hydrogens (tertiary/aromatic N) is 5. The Morgan fingerprint density at radius 2 is 1.81 bits per heavy atom. The van der Waals surface area contributed by atoms with Crippen molar-refractivity contribution in [2.75, 3.05) is 0 Å². The van der Waals surface area contributed by atoms with Gasteiger partial charge in [0, 0.05) is 36.9 Å². The smallest absolute Gasteiger partial charge is 0.273 e. The van der Waals surface area contributed by atoms with Crippen LogP contribution >= 0.6 is 0 Å². The average molecular weight is 415 g/mol. The van der Waals surface area contributed by atoms with Crippen molar-refractivity contribution in [1.29, 1.82) is 0 Å².